The van der Waals surface area contributed by atoms with Gasteiger partial charge < -0.3 is 20.7 Å². The summed E-state index contributed by atoms with van der Waals surface area (Å²) >= 11 is 6.18. The number of rotatable bonds is 8. The van der Waals surface area contributed by atoms with Gasteiger partial charge in [0, 0.05) is 31.2 Å². The lowest BCUT2D eigenvalue weighted by Gasteiger charge is -2.13. The molecule has 0 radical (unpaired) electrons. The third kappa shape index (κ3) is 6.46. The Morgan fingerprint density at radius 2 is 1.93 bits per heavy atom. The van der Waals surface area contributed by atoms with Crippen LogP contribution in [0.3, 0.4) is 0 Å². The van der Waals surface area contributed by atoms with E-state index in [1.165, 1.54) is 0 Å². The molecule has 1 saturated carbocycles. The van der Waals surface area contributed by atoms with Crippen molar-refractivity contribution >= 4 is 23.5 Å². The van der Waals surface area contributed by atoms with Gasteiger partial charge in [0.15, 0.2) is 12.6 Å². The highest BCUT2D eigenvalue weighted by Gasteiger charge is 2.23. The molecule has 0 aliphatic heterocycles. The van der Waals surface area contributed by atoms with E-state index in [2.05, 4.69) is 20.9 Å². The van der Waals surface area contributed by atoms with Gasteiger partial charge in [-0.05, 0) is 42.2 Å². The summed E-state index contributed by atoms with van der Waals surface area (Å²) in [5, 5.41) is 10.1. The van der Waals surface area contributed by atoms with Crippen molar-refractivity contribution in [2.45, 2.75) is 32.0 Å². The van der Waals surface area contributed by atoms with E-state index in [9.17, 15) is 4.79 Å². The largest absolute Gasteiger partial charge is 0.484 e. The number of carbonyl (C=O) groups is 1. The summed E-state index contributed by atoms with van der Waals surface area (Å²) < 4.78 is 5.59. The number of nitrogens with one attached hydrogen (secondary N) is 3. The first-order valence-corrected chi connectivity index (χ1v) is 9.71. The molecule has 2 aromatic rings. The average molecular weight is 401 g/mol. The lowest BCUT2D eigenvalue weighted by atomic mass is 10.2. The first kappa shape index (κ1) is 20.0. The highest BCUT2D eigenvalue weighted by molar-refractivity contribution is 6.31. The maximum absolute atomic E-state index is 11.7. The lowest BCUT2D eigenvalue weighted by Crippen LogP contribution is -2.36. The van der Waals surface area contributed by atoms with Gasteiger partial charge in [0.25, 0.3) is 5.91 Å². The van der Waals surface area contributed by atoms with Gasteiger partial charge in [0.1, 0.15) is 5.75 Å². The van der Waals surface area contributed by atoms with E-state index in [-0.39, 0.29) is 12.5 Å². The lowest BCUT2D eigenvalue weighted by molar-refractivity contribution is -0.123. The maximum Gasteiger partial charge on any atom is 0.258 e. The number of benzene rings is 2. The topological polar surface area (TPSA) is 74.8 Å². The molecule has 0 bridgehead atoms. The highest BCUT2D eigenvalue weighted by atomic mass is 35.5. The van der Waals surface area contributed by atoms with Crippen molar-refractivity contribution in [2.24, 2.45) is 4.99 Å². The minimum absolute atomic E-state index is 0.0362. The molecule has 148 valence electrons. The van der Waals surface area contributed by atoms with E-state index >= 15 is 0 Å². The van der Waals surface area contributed by atoms with Crippen molar-refractivity contribution in [1.29, 1.82) is 0 Å². The smallest absolute Gasteiger partial charge is 0.258 e. The van der Waals surface area contributed by atoms with Crippen molar-refractivity contribution in [3.63, 3.8) is 0 Å². The van der Waals surface area contributed by atoms with E-state index in [1.807, 2.05) is 48.5 Å². The minimum Gasteiger partial charge on any atom is -0.484 e. The Bertz CT molecular complexity index is 837. The monoisotopic (exact) mass is 400 g/mol. The molecule has 0 saturated heterocycles. The molecule has 0 unspecified atom stereocenters. The third-order valence-corrected chi connectivity index (χ3v) is 4.67. The highest BCUT2D eigenvalue weighted by Crippen LogP contribution is 2.18. The zero-order valence-corrected chi connectivity index (χ0v) is 16.6. The first-order chi connectivity index (χ1) is 13.6. The van der Waals surface area contributed by atoms with Crippen LogP contribution < -0.4 is 20.7 Å². The predicted octanol–water partition coefficient (Wildman–Crippen LogP) is 2.86. The Kier molecular flexibility index (Phi) is 7.14. The molecule has 1 aliphatic carbocycles. The molecule has 2 aromatic carbocycles. The fourth-order valence-electron chi connectivity index (χ4n) is 2.62. The third-order valence-electron chi connectivity index (χ3n) is 4.30. The summed E-state index contributed by atoms with van der Waals surface area (Å²) in [7, 11) is 1.72. The van der Waals surface area contributed by atoms with Crippen LogP contribution in [-0.4, -0.2) is 31.6 Å². The number of hydrogen-bond donors (Lipinski definition) is 3. The van der Waals surface area contributed by atoms with E-state index in [1.54, 1.807) is 7.05 Å². The van der Waals surface area contributed by atoms with Crippen molar-refractivity contribution in [2.75, 3.05) is 13.7 Å². The van der Waals surface area contributed by atoms with Crippen molar-refractivity contribution in [1.82, 2.24) is 16.0 Å². The fraction of sp³-hybridized carbons (Fsp3) is 0.333. The van der Waals surface area contributed by atoms with Crippen LogP contribution in [0.25, 0.3) is 0 Å². The molecule has 3 rings (SSSR count). The number of aliphatic imine (C=N–C) groups is 1. The molecule has 0 aromatic heterocycles. The standard InChI is InChI=1S/C21H25ClN4O2/c1-23-21(25-13-16-6-2-3-8-19(16)22)24-12-15-5-4-7-18(11-15)28-14-20(27)26-17-9-10-17/h2-8,11,17H,9-10,12-14H2,1H3,(H,26,27)(H2,23,24,25). The van der Waals surface area contributed by atoms with E-state index in [0.717, 1.165) is 29.0 Å². The molecule has 0 heterocycles. The van der Waals surface area contributed by atoms with Gasteiger partial charge in [-0.3, -0.25) is 9.79 Å². The van der Waals surface area contributed by atoms with Gasteiger partial charge in [-0.2, -0.15) is 0 Å². The van der Waals surface area contributed by atoms with Crippen molar-refractivity contribution in [3.05, 3.63) is 64.7 Å². The summed E-state index contributed by atoms with van der Waals surface area (Å²) in [4.78, 5) is 16.0. The average Bonchev–Trinajstić information content (AvgIpc) is 3.52. The Balaban J connectivity index is 1.46. The fourth-order valence-corrected chi connectivity index (χ4v) is 2.82. The van der Waals surface area contributed by atoms with Crippen LogP contribution in [0.1, 0.15) is 24.0 Å². The van der Waals surface area contributed by atoms with Crippen LogP contribution in [0.5, 0.6) is 5.75 Å². The predicted molar refractivity (Wildman–Crippen MR) is 112 cm³/mol. The molecule has 1 fully saturated rings. The first-order valence-electron chi connectivity index (χ1n) is 9.33. The molecule has 0 atom stereocenters. The second kappa shape index (κ2) is 9.99. The zero-order valence-electron chi connectivity index (χ0n) is 15.9. The van der Waals surface area contributed by atoms with Gasteiger partial charge >= 0.3 is 0 Å². The molecule has 1 amide bonds. The second-order valence-electron chi connectivity index (χ2n) is 6.65. The Labute approximate surface area is 170 Å². The van der Waals surface area contributed by atoms with Gasteiger partial charge in [-0.25, -0.2) is 0 Å². The minimum atomic E-state index is -0.0739. The summed E-state index contributed by atoms with van der Waals surface area (Å²) in [5.41, 5.74) is 2.03. The van der Waals surface area contributed by atoms with Crippen LogP contribution in [0.15, 0.2) is 53.5 Å². The number of amides is 1. The SMILES string of the molecule is CN=C(NCc1cccc(OCC(=O)NC2CC2)c1)NCc1ccccc1Cl. The van der Waals surface area contributed by atoms with Crippen molar-refractivity contribution < 1.29 is 9.53 Å². The summed E-state index contributed by atoms with van der Waals surface area (Å²) in [6, 6.07) is 15.7. The number of carbonyl (C=O) groups excluding carboxylic acids is 1. The molecule has 28 heavy (non-hydrogen) atoms. The molecule has 1 aliphatic rings. The van der Waals surface area contributed by atoms with E-state index in [0.29, 0.717) is 30.8 Å². The normalized spacial score (nSPS) is 13.7. The van der Waals surface area contributed by atoms with E-state index < -0.39 is 0 Å². The summed E-state index contributed by atoms with van der Waals surface area (Å²) in [6.45, 7) is 1.20. The second-order valence-corrected chi connectivity index (χ2v) is 7.06. The quantitative estimate of drug-likeness (QED) is 0.470. The molecule has 3 N–H and O–H groups in total. The van der Waals surface area contributed by atoms with Gasteiger partial charge in [0.2, 0.25) is 0 Å². The van der Waals surface area contributed by atoms with Crippen LogP contribution in [0.2, 0.25) is 5.02 Å². The summed E-state index contributed by atoms with van der Waals surface area (Å²) in [5.74, 6) is 1.27. The maximum atomic E-state index is 11.7. The number of halogens is 1. The zero-order chi connectivity index (χ0) is 19.8. The Morgan fingerprint density at radius 1 is 1.14 bits per heavy atom. The Hall–Kier alpha value is -2.73. The van der Waals surface area contributed by atoms with Crippen LogP contribution in [-0.2, 0) is 17.9 Å². The molecular formula is C21H25ClN4O2. The molecule has 7 heteroatoms. The van der Waals surface area contributed by atoms with E-state index in [4.69, 9.17) is 16.3 Å². The van der Waals surface area contributed by atoms with Gasteiger partial charge in [-0.1, -0.05) is 41.9 Å². The number of ether oxygens (including phenoxy) is 1. The Morgan fingerprint density at radius 3 is 2.68 bits per heavy atom. The number of nitrogens with zero attached hydrogens (tertiary/aromatic N) is 1. The van der Waals surface area contributed by atoms with Gasteiger partial charge in [-0.15, -0.1) is 0 Å². The van der Waals surface area contributed by atoms with Crippen LogP contribution >= 0.6 is 11.6 Å². The molecule has 0 spiro atoms. The van der Waals surface area contributed by atoms with Gasteiger partial charge in [0.05, 0.1) is 0 Å². The van der Waals surface area contributed by atoms with Crippen LogP contribution in [0.4, 0.5) is 0 Å². The number of hydrogen-bond acceptors (Lipinski definition) is 3. The summed E-state index contributed by atoms with van der Waals surface area (Å²) in [6.07, 6.45) is 2.14. The molecule has 6 nitrogen and oxygen atoms in total. The van der Waals surface area contributed by atoms with Crippen molar-refractivity contribution in [3.8, 4) is 5.75 Å². The molecular weight excluding hydrogens is 376 g/mol. The van der Waals surface area contributed by atoms with Crippen LogP contribution in [0, 0.1) is 0 Å². The number of guanidine groups is 1.